The fraction of sp³-hybridized carbons (Fsp3) is 0.320. The lowest BCUT2D eigenvalue weighted by atomic mass is 9.98. The predicted octanol–water partition coefficient (Wildman–Crippen LogP) is 4.80. The van der Waals surface area contributed by atoms with Crippen LogP contribution in [0.1, 0.15) is 50.9 Å². The molecule has 35 heavy (non-hydrogen) atoms. The number of carbonyl (C=O) groups is 2. The number of aromatic amines is 1. The van der Waals surface area contributed by atoms with E-state index in [1.54, 1.807) is 22.4 Å². The smallest absolute Gasteiger partial charge is 0.410 e. The number of nitrogens with one attached hydrogen (secondary N) is 2. The van der Waals surface area contributed by atoms with E-state index in [0.29, 0.717) is 30.0 Å². The molecule has 9 nitrogen and oxygen atoms in total. The van der Waals surface area contributed by atoms with E-state index in [9.17, 15) is 9.59 Å². The number of aryl methyl sites for hydroxylation is 2. The van der Waals surface area contributed by atoms with Crippen molar-refractivity contribution in [2.24, 2.45) is 0 Å². The number of aromatic nitrogens is 4. The number of thiazole rings is 1. The van der Waals surface area contributed by atoms with Gasteiger partial charge in [0.1, 0.15) is 17.8 Å². The van der Waals surface area contributed by atoms with Crippen molar-refractivity contribution >= 4 is 40.1 Å². The van der Waals surface area contributed by atoms with Crippen LogP contribution in [0, 0.1) is 13.8 Å². The molecule has 0 bridgehead atoms. The van der Waals surface area contributed by atoms with Crippen molar-refractivity contribution < 1.29 is 14.3 Å². The van der Waals surface area contributed by atoms with Gasteiger partial charge < -0.3 is 15.0 Å². The molecule has 1 aliphatic heterocycles. The summed E-state index contributed by atoms with van der Waals surface area (Å²) in [5.41, 5.74) is 5.91. The van der Waals surface area contributed by atoms with Crippen LogP contribution in [0.25, 0.3) is 11.0 Å². The number of amides is 2. The summed E-state index contributed by atoms with van der Waals surface area (Å²) in [4.78, 5) is 31.5. The van der Waals surface area contributed by atoms with Crippen molar-refractivity contribution in [1.29, 1.82) is 0 Å². The lowest BCUT2D eigenvalue weighted by Crippen LogP contribution is -2.38. The van der Waals surface area contributed by atoms with Gasteiger partial charge in [0.25, 0.3) is 5.91 Å². The van der Waals surface area contributed by atoms with Crippen molar-refractivity contribution in [2.45, 2.75) is 39.2 Å². The maximum absolute atomic E-state index is 12.7. The SMILES string of the molecule is Cc1ccc(COC(=O)N2CCC(c3nc(C(=O)Nc4ccc5[nH]nnc5c4)cs3)CC2)cc1C. The molecule has 0 spiro atoms. The molecule has 0 unspecified atom stereocenters. The molecule has 1 saturated heterocycles. The van der Waals surface area contributed by atoms with Crippen molar-refractivity contribution in [1.82, 2.24) is 25.3 Å². The Morgan fingerprint density at radius 3 is 2.77 bits per heavy atom. The molecule has 4 aromatic rings. The summed E-state index contributed by atoms with van der Waals surface area (Å²) in [6.45, 7) is 5.60. The number of benzene rings is 2. The molecule has 0 saturated carbocycles. The number of piperidine rings is 1. The van der Waals surface area contributed by atoms with Gasteiger partial charge in [-0.1, -0.05) is 23.4 Å². The van der Waals surface area contributed by atoms with Crippen LogP contribution in [0.3, 0.4) is 0 Å². The number of rotatable bonds is 5. The van der Waals surface area contributed by atoms with Crippen molar-refractivity contribution in [3.63, 3.8) is 0 Å². The number of fused-ring (bicyclic) bond motifs is 1. The highest BCUT2D eigenvalue weighted by atomic mass is 32.1. The average molecular weight is 491 g/mol. The monoisotopic (exact) mass is 490 g/mol. The van der Waals surface area contributed by atoms with E-state index in [1.807, 2.05) is 18.2 Å². The summed E-state index contributed by atoms with van der Waals surface area (Å²) in [7, 11) is 0. The molecule has 1 aliphatic rings. The average Bonchev–Trinajstić information content (AvgIpc) is 3.54. The zero-order valence-electron chi connectivity index (χ0n) is 19.6. The van der Waals surface area contributed by atoms with Crippen molar-refractivity contribution in [3.8, 4) is 0 Å². The van der Waals surface area contributed by atoms with Crippen LogP contribution in [0.2, 0.25) is 0 Å². The first kappa shape index (κ1) is 23.0. The first-order chi connectivity index (χ1) is 17.0. The Morgan fingerprint density at radius 2 is 1.97 bits per heavy atom. The maximum atomic E-state index is 12.7. The highest BCUT2D eigenvalue weighted by Crippen LogP contribution is 2.31. The van der Waals surface area contributed by atoms with Gasteiger partial charge in [0.05, 0.1) is 10.5 Å². The molecule has 2 aromatic heterocycles. The molecule has 3 heterocycles. The van der Waals surface area contributed by atoms with Gasteiger partial charge in [0.2, 0.25) is 0 Å². The Hall–Kier alpha value is -3.79. The fourth-order valence-corrected chi connectivity index (χ4v) is 5.10. The van der Waals surface area contributed by atoms with E-state index < -0.39 is 0 Å². The lowest BCUT2D eigenvalue weighted by Gasteiger charge is -2.30. The zero-order chi connectivity index (χ0) is 24.4. The number of ether oxygens (including phenoxy) is 1. The predicted molar refractivity (Wildman–Crippen MR) is 134 cm³/mol. The number of hydrogen-bond donors (Lipinski definition) is 2. The maximum Gasteiger partial charge on any atom is 0.410 e. The standard InChI is InChI=1S/C25H26N6O3S/c1-15-3-4-17(11-16(15)2)13-34-25(33)31-9-7-18(8-10-31)24-27-22(14-35-24)23(32)26-19-5-6-20-21(12-19)29-30-28-20/h3-6,11-12,14,18H,7-10,13H2,1-2H3,(H,26,32)(H,28,29,30). The number of anilines is 1. The molecule has 0 atom stereocenters. The largest absolute Gasteiger partial charge is 0.445 e. The third kappa shape index (κ3) is 5.17. The van der Waals surface area contributed by atoms with Crippen molar-refractivity contribution in [2.75, 3.05) is 18.4 Å². The van der Waals surface area contributed by atoms with Gasteiger partial charge in [-0.05, 0) is 61.6 Å². The number of nitrogens with zero attached hydrogens (tertiary/aromatic N) is 4. The fourth-order valence-electron chi connectivity index (χ4n) is 4.13. The van der Waals surface area contributed by atoms with Crippen LogP contribution in [-0.2, 0) is 11.3 Å². The van der Waals surface area contributed by atoms with Gasteiger partial charge in [-0.3, -0.25) is 9.89 Å². The Labute approximate surface area is 206 Å². The molecule has 1 fully saturated rings. The second-order valence-corrected chi connectivity index (χ2v) is 9.69. The molecule has 180 valence electrons. The van der Waals surface area contributed by atoms with E-state index in [0.717, 1.165) is 28.9 Å². The summed E-state index contributed by atoms with van der Waals surface area (Å²) < 4.78 is 5.53. The van der Waals surface area contributed by atoms with Crippen LogP contribution in [0.15, 0.2) is 41.8 Å². The van der Waals surface area contributed by atoms with E-state index in [-0.39, 0.29) is 24.5 Å². The summed E-state index contributed by atoms with van der Waals surface area (Å²) in [5.74, 6) is -0.0421. The van der Waals surface area contributed by atoms with Gasteiger partial charge in [-0.25, -0.2) is 9.78 Å². The number of carbonyl (C=O) groups excluding carboxylic acids is 2. The summed E-state index contributed by atoms with van der Waals surface area (Å²) in [6, 6.07) is 11.5. The van der Waals surface area contributed by atoms with E-state index in [2.05, 4.69) is 45.6 Å². The normalized spacial score (nSPS) is 14.3. The molecule has 0 radical (unpaired) electrons. The van der Waals surface area contributed by atoms with Crippen LogP contribution in [0.4, 0.5) is 10.5 Å². The molecular weight excluding hydrogens is 464 g/mol. The Bertz CT molecular complexity index is 1370. The highest BCUT2D eigenvalue weighted by Gasteiger charge is 2.27. The van der Waals surface area contributed by atoms with Gasteiger partial charge in [0, 0.05) is 30.1 Å². The number of likely N-dealkylation sites (tertiary alicyclic amines) is 1. The first-order valence-electron chi connectivity index (χ1n) is 11.5. The van der Waals surface area contributed by atoms with E-state index in [1.165, 1.54) is 22.5 Å². The first-order valence-corrected chi connectivity index (χ1v) is 12.4. The number of hydrogen-bond acceptors (Lipinski definition) is 7. The van der Waals surface area contributed by atoms with Gasteiger partial charge in [-0.15, -0.1) is 16.4 Å². The molecular formula is C25H26N6O3S. The molecule has 10 heteroatoms. The molecule has 2 aromatic carbocycles. The lowest BCUT2D eigenvalue weighted by molar-refractivity contribution is 0.0870. The van der Waals surface area contributed by atoms with E-state index >= 15 is 0 Å². The summed E-state index contributed by atoms with van der Waals surface area (Å²) in [5, 5.41) is 16.1. The highest BCUT2D eigenvalue weighted by molar-refractivity contribution is 7.10. The summed E-state index contributed by atoms with van der Waals surface area (Å²) >= 11 is 1.48. The van der Waals surface area contributed by atoms with Gasteiger partial charge in [0.15, 0.2) is 0 Å². The van der Waals surface area contributed by atoms with E-state index in [4.69, 9.17) is 4.74 Å². The Morgan fingerprint density at radius 1 is 1.14 bits per heavy atom. The van der Waals surface area contributed by atoms with Crippen molar-refractivity contribution in [3.05, 3.63) is 69.2 Å². The summed E-state index contributed by atoms with van der Waals surface area (Å²) in [6.07, 6.45) is 1.29. The minimum Gasteiger partial charge on any atom is -0.445 e. The number of H-pyrrole nitrogens is 1. The van der Waals surface area contributed by atoms with Gasteiger partial charge in [-0.2, -0.15) is 0 Å². The van der Waals surface area contributed by atoms with Crippen LogP contribution in [-0.4, -0.2) is 50.4 Å². The molecule has 2 N–H and O–H groups in total. The third-order valence-corrected chi connectivity index (χ3v) is 7.38. The molecule has 5 rings (SSSR count). The molecule has 2 amide bonds. The Kier molecular flexibility index (Phi) is 6.45. The molecule has 0 aliphatic carbocycles. The third-order valence-electron chi connectivity index (χ3n) is 6.37. The van der Waals surface area contributed by atoms with Crippen LogP contribution < -0.4 is 5.32 Å². The topological polar surface area (TPSA) is 113 Å². The second-order valence-electron chi connectivity index (χ2n) is 8.80. The van der Waals surface area contributed by atoms with Crippen LogP contribution in [0.5, 0.6) is 0 Å². The van der Waals surface area contributed by atoms with Gasteiger partial charge >= 0.3 is 6.09 Å². The zero-order valence-corrected chi connectivity index (χ0v) is 20.4. The minimum atomic E-state index is -0.287. The second kappa shape index (κ2) is 9.83. The van der Waals surface area contributed by atoms with Crippen LogP contribution >= 0.6 is 11.3 Å². The Balaban J connectivity index is 1.12. The quantitative estimate of drug-likeness (QED) is 0.415. The minimum absolute atomic E-state index is 0.219.